The van der Waals surface area contributed by atoms with E-state index in [0.29, 0.717) is 16.7 Å². The number of H-pyrrole nitrogens is 2. The van der Waals surface area contributed by atoms with Crippen LogP contribution in [0.25, 0.3) is 11.0 Å². The molecule has 0 bridgehead atoms. The minimum atomic E-state index is -3.73. The number of rotatable bonds is 3. The van der Waals surface area contributed by atoms with Crippen molar-refractivity contribution in [2.24, 2.45) is 0 Å². The third kappa shape index (κ3) is 2.44. The molecule has 24 heavy (non-hydrogen) atoms. The molecule has 4 rings (SSSR count). The number of aromatic nitrogens is 2. The summed E-state index contributed by atoms with van der Waals surface area (Å²) in [7, 11) is -1.71. The number of sulfonamides is 1. The Morgan fingerprint density at radius 2 is 1.88 bits per heavy atom. The number of benzene rings is 2. The van der Waals surface area contributed by atoms with Crippen LogP contribution in [0.1, 0.15) is 5.56 Å². The monoisotopic (exact) mass is 344 g/mol. The second-order valence-electron chi connectivity index (χ2n) is 5.91. The van der Waals surface area contributed by atoms with Gasteiger partial charge in [0.05, 0.1) is 15.9 Å². The summed E-state index contributed by atoms with van der Waals surface area (Å²) in [4.78, 5) is 18.7. The number of hydrogen-bond donors (Lipinski definition) is 3. The Labute approximate surface area is 138 Å². The molecule has 0 amide bonds. The predicted octanol–water partition coefficient (Wildman–Crippen LogP) is 1.65. The molecule has 0 fully saturated rings. The Morgan fingerprint density at radius 1 is 1.08 bits per heavy atom. The fraction of sp³-hybridized carbons (Fsp3) is 0.188. The van der Waals surface area contributed by atoms with Gasteiger partial charge in [0.2, 0.25) is 0 Å². The van der Waals surface area contributed by atoms with Crippen molar-refractivity contribution in [3.8, 4) is 0 Å². The molecule has 124 valence electrons. The van der Waals surface area contributed by atoms with Gasteiger partial charge in [0.1, 0.15) is 0 Å². The zero-order valence-corrected chi connectivity index (χ0v) is 13.8. The summed E-state index contributed by atoms with van der Waals surface area (Å²) in [6, 6.07) is 10.0. The summed E-state index contributed by atoms with van der Waals surface area (Å²) in [6.07, 6.45) is 0.901. The smallest absolute Gasteiger partial charge is 0.323 e. The van der Waals surface area contributed by atoms with Gasteiger partial charge in [-0.2, -0.15) is 0 Å². The summed E-state index contributed by atoms with van der Waals surface area (Å²) in [6.45, 7) is 0.934. The van der Waals surface area contributed by atoms with E-state index >= 15 is 0 Å². The number of nitrogens with one attached hydrogen (secondary N) is 3. The fourth-order valence-electron chi connectivity index (χ4n) is 3.02. The topological polar surface area (TPSA) is 98.1 Å². The number of imidazole rings is 1. The zero-order valence-electron chi connectivity index (χ0n) is 13.0. The number of fused-ring (bicyclic) bond motifs is 2. The van der Waals surface area contributed by atoms with Gasteiger partial charge in [-0.15, -0.1) is 0 Å². The first-order valence-electron chi connectivity index (χ1n) is 7.51. The summed E-state index contributed by atoms with van der Waals surface area (Å²) < 4.78 is 27.8. The average molecular weight is 344 g/mol. The second-order valence-corrected chi connectivity index (χ2v) is 7.59. The molecule has 0 saturated carbocycles. The van der Waals surface area contributed by atoms with Crippen LogP contribution in [-0.2, 0) is 16.4 Å². The Morgan fingerprint density at radius 3 is 2.71 bits per heavy atom. The van der Waals surface area contributed by atoms with E-state index in [9.17, 15) is 13.2 Å². The van der Waals surface area contributed by atoms with Gasteiger partial charge >= 0.3 is 5.69 Å². The molecule has 2 heterocycles. The largest absolute Gasteiger partial charge is 0.374 e. The Balaban J connectivity index is 1.68. The normalized spacial score (nSPS) is 14.1. The highest BCUT2D eigenvalue weighted by molar-refractivity contribution is 7.92. The summed E-state index contributed by atoms with van der Waals surface area (Å²) >= 11 is 0. The van der Waals surface area contributed by atoms with Gasteiger partial charge in [0.25, 0.3) is 10.0 Å². The minimum absolute atomic E-state index is 0.0999. The van der Waals surface area contributed by atoms with Gasteiger partial charge < -0.3 is 14.9 Å². The second kappa shape index (κ2) is 5.13. The van der Waals surface area contributed by atoms with Gasteiger partial charge in [-0.3, -0.25) is 4.72 Å². The number of anilines is 2. The molecule has 0 saturated heterocycles. The summed E-state index contributed by atoms with van der Waals surface area (Å²) in [5.74, 6) is 0. The zero-order chi connectivity index (χ0) is 16.9. The lowest BCUT2D eigenvalue weighted by Gasteiger charge is -2.13. The van der Waals surface area contributed by atoms with Crippen molar-refractivity contribution >= 4 is 32.4 Å². The van der Waals surface area contributed by atoms with Crippen molar-refractivity contribution < 1.29 is 8.42 Å². The lowest BCUT2D eigenvalue weighted by Crippen LogP contribution is -2.13. The Kier molecular flexibility index (Phi) is 3.17. The number of nitrogens with zero attached hydrogens (tertiary/aromatic N) is 1. The molecule has 7 nitrogen and oxygen atoms in total. The minimum Gasteiger partial charge on any atom is -0.374 e. The lowest BCUT2D eigenvalue weighted by atomic mass is 10.1. The van der Waals surface area contributed by atoms with Crippen molar-refractivity contribution in [3.63, 3.8) is 0 Å². The van der Waals surface area contributed by atoms with Crippen molar-refractivity contribution in [2.75, 3.05) is 23.2 Å². The molecular weight excluding hydrogens is 328 g/mol. The molecule has 0 unspecified atom stereocenters. The van der Waals surface area contributed by atoms with E-state index in [2.05, 4.69) is 19.6 Å². The standard InChI is InChI=1S/C16H16N4O3S/c1-20-7-6-10-8-11(2-5-15(10)20)19-24(22,23)12-3-4-13-14(9-12)18-16(21)17-13/h2-5,8-9,19H,6-7H2,1H3,(H2,17,18,21). The maximum atomic E-state index is 12.6. The lowest BCUT2D eigenvalue weighted by molar-refractivity contribution is 0.601. The number of hydrogen-bond acceptors (Lipinski definition) is 4. The summed E-state index contributed by atoms with van der Waals surface area (Å²) in [5.41, 5.74) is 3.45. The van der Waals surface area contributed by atoms with Crippen molar-refractivity contribution in [1.82, 2.24) is 9.97 Å². The maximum absolute atomic E-state index is 12.6. The first-order valence-corrected chi connectivity index (χ1v) is 9.00. The predicted molar refractivity (Wildman–Crippen MR) is 93.1 cm³/mol. The van der Waals surface area contributed by atoms with Crippen molar-refractivity contribution in [1.29, 1.82) is 0 Å². The average Bonchev–Trinajstić information content (AvgIpc) is 3.08. The van der Waals surface area contributed by atoms with Crippen LogP contribution >= 0.6 is 0 Å². The van der Waals surface area contributed by atoms with Crippen LogP contribution in [0.2, 0.25) is 0 Å². The van der Waals surface area contributed by atoms with Gasteiger partial charge in [0, 0.05) is 25.0 Å². The number of aromatic amines is 2. The third-order valence-corrected chi connectivity index (χ3v) is 5.64. The first kappa shape index (κ1) is 14.8. The van der Waals surface area contributed by atoms with E-state index in [1.54, 1.807) is 12.1 Å². The van der Waals surface area contributed by atoms with Gasteiger partial charge in [-0.25, -0.2) is 13.2 Å². The van der Waals surface area contributed by atoms with Gasteiger partial charge in [-0.05, 0) is 48.4 Å². The molecule has 2 aromatic carbocycles. The molecule has 8 heteroatoms. The van der Waals surface area contributed by atoms with Crippen LogP contribution < -0.4 is 15.3 Å². The van der Waals surface area contributed by atoms with E-state index in [4.69, 9.17) is 0 Å². The molecular formula is C16H16N4O3S. The van der Waals surface area contributed by atoms with Crippen LogP contribution in [0.4, 0.5) is 11.4 Å². The van der Waals surface area contributed by atoms with Gasteiger partial charge in [0.15, 0.2) is 0 Å². The Bertz CT molecular complexity index is 1100. The van der Waals surface area contributed by atoms with Crippen LogP contribution in [0, 0.1) is 0 Å². The first-order chi connectivity index (χ1) is 11.4. The molecule has 1 aliphatic rings. The number of likely N-dealkylation sites (N-methyl/N-ethyl adjacent to an activating group) is 1. The van der Waals surface area contributed by atoms with Crippen LogP contribution in [0.5, 0.6) is 0 Å². The van der Waals surface area contributed by atoms with E-state index in [1.165, 1.54) is 12.1 Å². The SMILES string of the molecule is CN1CCc2cc(NS(=O)(=O)c3ccc4[nH]c(=O)[nH]c4c3)ccc21. The van der Waals surface area contributed by atoms with Crippen LogP contribution in [-0.4, -0.2) is 32.0 Å². The molecule has 0 spiro atoms. The molecule has 0 radical (unpaired) electrons. The quantitative estimate of drug-likeness (QED) is 0.673. The molecule has 0 atom stereocenters. The van der Waals surface area contributed by atoms with E-state index in [1.807, 2.05) is 19.2 Å². The Hall–Kier alpha value is -2.74. The highest BCUT2D eigenvalue weighted by atomic mass is 32.2. The molecule has 1 aliphatic heterocycles. The highest BCUT2D eigenvalue weighted by Crippen LogP contribution is 2.30. The van der Waals surface area contributed by atoms with Crippen LogP contribution in [0.3, 0.4) is 0 Å². The fourth-order valence-corrected chi connectivity index (χ4v) is 4.10. The van der Waals surface area contributed by atoms with E-state index in [0.717, 1.165) is 24.2 Å². The third-order valence-electron chi connectivity index (χ3n) is 4.26. The molecule has 1 aromatic heterocycles. The molecule has 3 aromatic rings. The van der Waals surface area contributed by atoms with Crippen molar-refractivity contribution in [3.05, 3.63) is 52.4 Å². The summed E-state index contributed by atoms with van der Waals surface area (Å²) in [5, 5.41) is 0. The van der Waals surface area contributed by atoms with E-state index < -0.39 is 10.0 Å². The highest BCUT2D eigenvalue weighted by Gasteiger charge is 2.19. The molecule has 3 N–H and O–H groups in total. The van der Waals surface area contributed by atoms with Crippen LogP contribution in [0.15, 0.2) is 46.1 Å². The van der Waals surface area contributed by atoms with E-state index in [-0.39, 0.29) is 10.6 Å². The maximum Gasteiger partial charge on any atom is 0.323 e. The van der Waals surface area contributed by atoms with Gasteiger partial charge in [-0.1, -0.05) is 0 Å². The van der Waals surface area contributed by atoms with Crippen molar-refractivity contribution in [2.45, 2.75) is 11.3 Å². The molecule has 0 aliphatic carbocycles.